The fourth-order valence-electron chi connectivity index (χ4n) is 1.95. The van der Waals surface area contributed by atoms with Crippen LogP contribution in [0.5, 0.6) is 0 Å². The molecule has 2 rings (SSSR count). The minimum Gasteiger partial charge on any atom is -0.417 e. The number of ketones is 1. The molecule has 0 N–H and O–H groups in total. The van der Waals surface area contributed by atoms with Crippen molar-refractivity contribution in [1.82, 2.24) is 4.90 Å². The normalized spacial score (nSPS) is 11.0. The fraction of sp³-hybridized carbons (Fsp3) is 0.158. The highest BCUT2D eigenvalue weighted by molar-refractivity contribution is 6.09. The molecule has 0 aliphatic heterocycles. The molecule has 23 heavy (non-hydrogen) atoms. The Bertz CT molecular complexity index is 716. The molecule has 0 unspecified atom stereocenters. The maximum Gasteiger partial charge on any atom is 0.343 e. The molecule has 0 atom stereocenters. The number of benzene rings is 2. The second-order valence-corrected chi connectivity index (χ2v) is 5.41. The first-order valence-electron chi connectivity index (χ1n) is 7.24. The number of Topliss-reactive ketones (excluding diaryl/α,β-unsaturated/α-hetero) is 1. The van der Waals surface area contributed by atoms with Gasteiger partial charge in [0, 0.05) is 25.9 Å². The molecule has 0 saturated carbocycles. The van der Waals surface area contributed by atoms with E-state index in [1.165, 1.54) is 6.20 Å². The Labute approximate surface area is 136 Å². The minimum absolute atomic E-state index is 0.00675. The van der Waals surface area contributed by atoms with E-state index in [2.05, 4.69) is 0 Å². The molecule has 0 aliphatic carbocycles. The molecule has 0 fully saturated rings. The number of nitrogens with zero attached hydrogens (tertiary/aromatic N) is 1. The van der Waals surface area contributed by atoms with Crippen LogP contribution < -0.4 is 0 Å². The summed E-state index contributed by atoms with van der Waals surface area (Å²) in [4.78, 5) is 26.4. The van der Waals surface area contributed by atoms with Crippen molar-refractivity contribution in [3.8, 4) is 0 Å². The highest BCUT2D eigenvalue weighted by Crippen LogP contribution is 2.14. The third kappa shape index (κ3) is 4.54. The largest absolute Gasteiger partial charge is 0.417 e. The number of carbonyl (C=O) groups is 2. The summed E-state index contributed by atoms with van der Waals surface area (Å²) in [6, 6.07) is 15.7. The van der Waals surface area contributed by atoms with Crippen LogP contribution in [-0.4, -0.2) is 30.7 Å². The fourth-order valence-corrected chi connectivity index (χ4v) is 1.95. The number of allylic oxidation sites excluding steroid dienone is 1. The predicted octanol–water partition coefficient (Wildman–Crippen LogP) is 3.44. The molecule has 0 spiro atoms. The molecule has 0 aromatic heterocycles. The second-order valence-electron chi connectivity index (χ2n) is 5.41. The van der Waals surface area contributed by atoms with Crippen molar-refractivity contribution in [2.24, 2.45) is 0 Å². The zero-order valence-corrected chi connectivity index (χ0v) is 13.4. The van der Waals surface area contributed by atoms with Crippen molar-refractivity contribution < 1.29 is 14.3 Å². The molecule has 0 saturated heterocycles. The van der Waals surface area contributed by atoms with Gasteiger partial charge >= 0.3 is 5.97 Å². The van der Waals surface area contributed by atoms with E-state index in [0.29, 0.717) is 11.1 Å². The van der Waals surface area contributed by atoms with Crippen molar-refractivity contribution in [3.05, 3.63) is 83.2 Å². The van der Waals surface area contributed by atoms with Crippen molar-refractivity contribution >= 4 is 11.8 Å². The average Bonchev–Trinajstić information content (AvgIpc) is 2.54. The molecule has 4 nitrogen and oxygen atoms in total. The van der Waals surface area contributed by atoms with E-state index in [9.17, 15) is 9.59 Å². The Morgan fingerprint density at radius 3 is 2.09 bits per heavy atom. The van der Waals surface area contributed by atoms with Gasteiger partial charge in [-0.1, -0.05) is 48.0 Å². The third-order valence-corrected chi connectivity index (χ3v) is 3.13. The Morgan fingerprint density at radius 2 is 1.52 bits per heavy atom. The Kier molecular flexibility index (Phi) is 5.31. The molecule has 0 aliphatic rings. The Hall–Kier alpha value is -2.88. The van der Waals surface area contributed by atoms with Gasteiger partial charge in [0.25, 0.3) is 0 Å². The lowest BCUT2D eigenvalue weighted by Gasteiger charge is -2.12. The van der Waals surface area contributed by atoms with Crippen LogP contribution in [0.15, 0.2) is 66.6 Å². The van der Waals surface area contributed by atoms with Gasteiger partial charge in [-0.25, -0.2) is 4.79 Å². The van der Waals surface area contributed by atoms with Crippen molar-refractivity contribution in [1.29, 1.82) is 0 Å². The van der Waals surface area contributed by atoms with Crippen LogP contribution in [0.1, 0.15) is 26.3 Å². The molecule has 0 heterocycles. The van der Waals surface area contributed by atoms with E-state index in [0.717, 1.165) is 5.56 Å². The summed E-state index contributed by atoms with van der Waals surface area (Å²) in [5.41, 5.74) is 1.93. The molecule has 0 radical (unpaired) electrons. The predicted molar refractivity (Wildman–Crippen MR) is 89.1 cm³/mol. The van der Waals surface area contributed by atoms with E-state index < -0.39 is 5.97 Å². The summed E-state index contributed by atoms with van der Waals surface area (Å²) in [6.07, 6.45) is 1.50. The zero-order valence-electron chi connectivity index (χ0n) is 13.4. The van der Waals surface area contributed by atoms with E-state index in [4.69, 9.17) is 4.74 Å². The van der Waals surface area contributed by atoms with E-state index in [-0.39, 0.29) is 11.5 Å². The highest BCUT2D eigenvalue weighted by atomic mass is 16.5. The number of carbonyl (C=O) groups excluding carboxylic acids is 2. The van der Waals surface area contributed by atoms with Crippen LogP contribution in [0, 0.1) is 6.92 Å². The van der Waals surface area contributed by atoms with Crippen molar-refractivity contribution in [3.63, 3.8) is 0 Å². The highest BCUT2D eigenvalue weighted by Gasteiger charge is 2.19. The van der Waals surface area contributed by atoms with Crippen LogP contribution >= 0.6 is 0 Å². The lowest BCUT2D eigenvalue weighted by atomic mass is 10.1. The number of ether oxygens (including phenoxy) is 1. The summed E-state index contributed by atoms with van der Waals surface area (Å²) >= 11 is 0. The summed E-state index contributed by atoms with van der Waals surface area (Å²) in [5.74, 6) is -0.894. The van der Waals surface area contributed by atoms with Crippen LogP contribution in [0.3, 0.4) is 0 Å². The lowest BCUT2D eigenvalue weighted by Crippen LogP contribution is -2.16. The number of esters is 1. The SMILES string of the molecule is Cc1ccc(C(=O)/C(=C/N(C)C)OC(=O)c2ccccc2)cc1. The van der Waals surface area contributed by atoms with E-state index in [1.807, 2.05) is 25.1 Å². The van der Waals surface area contributed by atoms with E-state index in [1.54, 1.807) is 55.4 Å². The van der Waals surface area contributed by atoms with Gasteiger partial charge < -0.3 is 9.64 Å². The van der Waals surface area contributed by atoms with Gasteiger partial charge in [0.2, 0.25) is 5.78 Å². The van der Waals surface area contributed by atoms with Gasteiger partial charge in [0.1, 0.15) is 0 Å². The first-order chi connectivity index (χ1) is 11.0. The monoisotopic (exact) mass is 309 g/mol. The minimum atomic E-state index is -0.556. The maximum atomic E-state index is 12.6. The van der Waals surface area contributed by atoms with Gasteiger partial charge in [-0.05, 0) is 19.1 Å². The molecule has 118 valence electrons. The topological polar surface area (TPSA) is 46.6 Å². The molecular formula is C19H19NO3. The number of rotatable bonds is 5. The summed E-state index contributed by atoms with van der Waals surface area (Å²) in [7, 11) is 3.53. The first-order valence-corrected chi connectivity index (χ1v) is 7.24. The van der Waals surface area contributed by atoms with Crippen LogP contribution in [0.25, 0.3) is 0 Å². The number of hydrogen-bond donors (Lipinski definition) is 0. The quantitative estimate of drug-likeness (QED) is 0.367. The van der Waals surface area contributed by atoms with Crippen LogP contribution in [-0.2, 0) is 4.74 Å². The molecular weight excluding hydrogens is 290 g/mol. The average molecular weight is 309 g/mol. The molecule has 2 aromatic rings. The van der Waals surface area contributed by atoms with Gasteiger partial charge in [-0.2, -0.15) is 0 Å². The van der Waals surface area contributed by atoms with E-state index >= 15 is 0 Å². The Morgan fingerprint density at radius 1 is 0.913 bits per heavy atom. The zero-order chi connectivity index (χ0) is 16.8. The second kappa shape index (κ2) is 7.40. The standard InChI is InChI=1S/C19H19NO3/c1-14-9-11-15(12-10-14)18(21)17(13-20(2)3)23-19(22)16-7-5-4-6-8-16/h4-13H,1-3H3/b17-13-. The molecule has 2 aromatic carbocycles. The lowest BCUT2D eigenvalue weighted by molar-refractivity contribution is 0.0583. The molecule has 4 heteroatoms. The van der Waals surface area contributed by atoms with Crippen LogP contribution in [0.4, 0.5) is 0 Å². The van der Waals surface area contributed by atoms with Gasteiger partial charge in [-0.3, -0.25) is 4.79 Å². The molecule has 0 amide bonds. The first kappa shape index (κ1) is 16.5. The summed E-state index contributed by atoms with van der Waals surface area (Å²) in [6.45, 7) is 1.94. The smallest absolute Gasteiger partial charge is 0.343 e. The van der Waals surface area contributed by atoms with Crippen LogP contribution in [0.2, 0.25) is 0 Å². The maximum absolute atomic E-state index is 12.6. The third-order valence-electron chi connectivity index (χ3n) is 3.13. The molecule has 0 bridgehead atoms. The Balaban J connectivity index is 2.25. The van der Waals surface area contributed by atoms with Gasteiger partial charge in [-0.15, -0.1) is 0 Å². The van der Waals surface area contributed by atoms with Gasteiger partial charge in [0.15, 0.2) is 5.76 Å². The summed E-state index contributed by atoms with van der Waals surface area (Å²) in [5, 5.41) is 0. The summed E-state index contributed by atoms with van der Waals surface area (Å²) < 4.78 is 5.32. The number of hydrogen-bond acceptors (Lipinski definition) is 4. The van der Waals surface area contributed by atoms with Crippen molar-refractivity contribution in [2.45, 2.75) is 6.92 Å². The van der Waals surface area contributed by atoms with Crippen molar-refractivity contribution in [2.75, 3.05) is 14.1 Å². The van der Waals surface area contributed by atoms with Gasteiger partial charge in [0.05, 0.1) is 5.56 Å². The number of aryl methyl sites for hydroxylation is 1.